The molecular formula is C32H49NO4. The number of ether oxygens (including phenoxy) is 2. The third-order valence-electron chi connectivity index (χ3n) is 14.3. The molecule has 0 aromatic heterocycles. The van der Waals surface area contributed by atoms with Gasteiger partial charge in [0.05, 0.1) is 0 Å². The normalized spacial score (nSPS) is 56.9. The molecule has 4 saturated heterocycles. The molecule has 0 aromatic rings. The summed E-state index contributed by atoms with van der Waals surface area (Å²) >= 11 is 0. The lowest BCUT2D eigenvalue weighted by atomic mass is 9.41. The molecule has 37 heavy (non-hydrogen) atoms. The molecule has 0 N–H and O–H groups in total. The SMILES string of the molecule is CC(=O)OC1CC[C@]2(C)OC(=O)[C@@]1(C)C2CC[C@]12C3C(C(C)C)CC[C@@]1(C)C1CC[C@@]4(CCCC42)N3C1. The van der Waals surface area contributed by atoms with Crippen molar-refractivity contribution in [1.82, 2.24) is 4.90 Å². The number of hydrogen-bond donors (Lipinski definition) is 0. The molecule has 7 aliphatic rings. The fourth-order valence-electron chi connectivity index (χ4n) is 12.8. The lowest BCUT2D eigenvalue weighted by Crippen LogP contribution is -2.68. The number of carbonyl (C=O) groups is 2. The van der Waals surface area contributed by atoms with Crippen LogP contribution in [0.3, 0.4) is 0 Å². The minimum Gasteiger partial charge on any atom is -0.461 e. The van der Waals surface area contributed by atoms with Crippen LogP contribution >= 0.6 is 0 Å². The summed E-state index contributed by atoms with van der Waals surface area (Å²) in [6.07, 6.45) is 13.1. The van der Waals surface area contributed by atoms with Crippen LogP contribution in [-0.2, 0) is 19.1 Å². The van der Waals surface area contributed by atoms with Gasteiger partial charge >= 0.3 is 11.9 Å². The third-order valence-corrected chi connectivity index (χ3v) is 14.3. The van der Waals surface area contributed by atoms with Gasteiger partial charge in [0.15, 0.2) is 0 Å². The van der Waals surface area contributed by atoms with Crippen LogP contribution in [0.1, 0.15) is 112 Å². The maximum Gasteiger partial charge on any atom is 0.316 e. The maximum absolute atomic E-state index is 13.5. The molecule has 206 valence electrons. The van der Waals surface area contributed by atoms with Crippen LogP contribution in [0.5, 0.6) is 0 Å². The van der Waals surface area contributed by atoms with Gasteiger partial charge in [0, 0.05) is 31.0 Å². The van der Waals surface area contributed by atoms with Crippen molar-refractivity contribution in [1.29, 1.82) is 0 Å². The lowest BCUT2D eigenvalue weighted by molar-refractivity contribution is -0.187. The average Bonchev–Trinajstić information content (AvgIpc) is 3.35. The molecule has 0 radical (unpaired) electrons. The fraction of sp³-hybridized carbons (Fsp3) is 0.938. The van der Waals surface area contributed by atoms with Crippen LogP contribution in [0.4, 0.5) is 0 Å². The van der Waals surface area contributed by atoms with E-state index in [0.29, 0.717) is 28.3 Å². The first kappa shape index (κ1) is 24.9. The molecular weight excluding hydrogens is 462 g/mol. The van der Waals surface area contributed by atoms with Gasteiger partial charge in [-0.3, -0.25) is 14.5 Å². The summed E-state index contributed by atoms with van der Waals surface area (Å²) in [6, 6.07) is 0.691. The van der Waals surface area contributed by atoms with E-state index in [1.54, 1.807) is 0 Å². The van der Waals surface area contributed by atoms with E-state index in [4.69, 9.17) is 9.47 Å². The molecule has 4 aliphatic heterocycles. The second-order valence-corrected chi connectivity index (χ2v) is 15.5. The van der Waals surface area contributed by atoms with Crippen molar-refractivity contribution in [3.05, 3.63) is 0 Å². The summed E-state index contributed by atoms with van der Waals surface area (Å²) in [5.74, 6) is 2.78. The number of carbonyl (C=O) groups excluding carboxylic acids is 2. The van der Waals surface area contributed by atoms with Gasteiger partial charge in [0.25, 0.3) is 0 Å². The summed E-state index contributed by atoms with van der Waals surface area (Å²) in [5, 5.41) is 0. The Morgan fingerprint density at radius 3 is 2.59 bits per heavy atom. The summed E-state index contributed by atoms with van der Waals surface area (Å²) in [6.45, 7) is 14.7. The highest BCUT2D eigenvalue weighted by atomic mass is 16.6. The number of esters is 2. The van der Waals surface area contributed by atoms with E-state index in [-0.39, 0.29) is 24.0 Å². The molecule has 7 unspecified atom stereocenters. The van der Waals surface area contributed by atoms with Crippen LogP contribution in [0.2, 0.25) is 0 Å². The molecule has 1 spiro atoms. The van der Waals surface area contributed by atoms with E-state index in [2.05, 4.69) is 39.5 Å². The highest BCUT2D eigenvalue weighted by Gasteiger charge is 2.80. The van der Waals surface area contributed by atoms with E-state index in [0.717, 1.165) is 37.0 Å². The lowest BCUT2D eigenvalue weighted by Gasteiger charge is -2.67. The highest BCUT2D eigenvalue weighted by Crippen LogP contribution is 2.79. The predicted molar refractivity (Wildman–Crippen MR) is 142 cm³/mol. The van der Waals surface area contributed by atoms with Crippen molar-refractivity contribution >= 4 is 11.9 Å². The van der Waals surface area contributed by atoms with Crippen LogP contribution < -0.4 is 0 Å². The van der Waals surface area contributed by atoms with E-state index in [1.807, 2.05) is 0 Å². The molecule has 4 heterocycles. The zero-order valence-corrected chi connectivity index (χ0v) is 24.1. The van der Waals surface area contributed by atoms with Crippen molar-refractivity contribution in [2.75, 3.05) is 6.54 Å². The molecule has 3 aliphatic carbocycles. The molecule has 0 amide bonds. The first-order valence-electron chi connectivity index (χ1n) is 15.6. The number of fused-ring (bicyclic) bond motifs is 4. The van der Waals surface area contributed by atoms with Gasteiger partial charge in [-0.25, -0.2) is 0 Å². The van der Waals surface area contributed by atoms with Crippen molar-refractivity contribution in [3.63, 3.8) is 0 Å². The summed E-state index contributed by atoms with van der Waals surface area (Å²) in [7, 11) is 0. The second kappa shape index (κ2) is 7.55. The molecule has 7 bridgehead atoms. The zero-order valence-electron chi connectivity index (χ0n) is 24.1. The van der Waals surface area contributed by atoms with Crippen molar-refractivity contribution in [3.8, 4) is 0 Å². The Morgan fingerprint density at radius 2 is 1.86 bits per heavy atom. The first-order chi connectivity index (χ1) is 17.4. The van der Waals surface area contributed by atoms with Crippen LogP contribution in [-0.4, -0.2) is 46.7 Å². The Balaban J connectivity index is 1.31. The molecule has 7 rings (SSSR count). The minimum atomic E-state index is -0.734. The summed E-state index contributed by atoms with van der Waals surface area (Å²) < 4.78 is 12.0. The van der Waals surface area contributed by atoms with E-state index < -0.39 is 11.0 Å². The molecule has 5 nitrogen and oxygen atoms in total. The Bertz CT molecular complexity index is 1030. The Hall–Kier alpha value is -1.10. The topological polar surface area (TPSA) is 55.8 Å². The Labute approximate surface area is 223 Å². The van der Waals surface area contributed by atoms with E-state index in [1.165, 1.54) is 64.8 Å². The maximum atomic E-state index is 13.5. The first-order valence-corrected chi connectivity index (χ1v) is 15.6. The molecule has 5 heteroatoms. The zero-order chi connectivity index (χ0) is 26.2. The van der Waals surface area contributed by atoms with Gasteiger partial charge in [0.2, 0.25) is 0 Å². The van der Waals surface area contributed by atoms with Crippen LogP contribution in [0.15, 0.2) is 0 Å². The van der Waals surface area contributed by atoms with Crippen molar-refractivity contribution in [2.45, 2.75) is 135 Å². The van der Waals surface area contributed by atoms with E-state index >= 15 is 0 Å². The van der Waals surface area contributed by atoms with Gasteiger partial charge in [-0.2, -0.15) is 0 Å². The largest absolute Gasteiger partial charge is 0.461 e. The minimum absolute atomic E-state index is 0.104. The van der Waals surface area contributed by atoms with Gasteiger partial charge in [-0.15, -0.1) is 0 Å². The Kier molecular flexibility index (Phi) is 5.08. The number of piperidine rings is 2. The smallest absolute Gasteiger partial charge is 0.316 e. The molecule has 3 saturated carbocycles. The second-order valence-electron chi connectivity index (χ2n) is 15.5. The fourth-order valence-corrected chi connectivity index (χ4v) is 12.8. The van der Waals surface area contributed by atoms with Gasteiger partial charge in [-0.05, 0) is 113 Å². The molecule has 7 fully saturated rings. The molecule has 12 atom stereocenters. The Morgan fingerprint density at radius 1 is 1.08 bits per heavy atom. The average molecular weight is 512 g/mol. The van der Waals surface area contributed by atoms with Crippen LogP contribution in [0, 0.1) is 45.8 Å². The van der Waals surface area contributed by atoms with Crippen molar-refractivity contribution < 1.29 is 19.1 Å². The monoisotopic (exact) mass is 511 g/mol. The quantitative estimate of drug-likeness (QED) is 0.415. The van der Waals surface area contributed by atoms with Gasteiger partial charge < -0.3 is 9.47 Å². The third kappa shape index (κ3) is 2.72. The van der Waals surface area contributed by atoms with Crippen LogP contribution in [0.25, 0.3) is 0 Å². The van der Waals surface area contributed by atoms with Gasteiger partial charge in [-0.1, -0.05) is 27.2 Å². The summed E-state index contributed by atoms with van der Waals surface area (Å²) in [4.78, 5) is 28.6. The van der Waals surface area contributed by atoms with Crippen molar-refractivity contribution in [2.24, 2.45) is 45.8 Å². The summed E-state index contributed by atoms with van der Waals surface area (Å²) in [5.41, 5.74) is -0.0154. The highest BCUT2D eigenvalue weighted by molar-refractivity contribution is 5.82. The van der Waals surface area contributed by atoms with Gasteiger partial charge in [0.1, 0.15) is 17.1 Å². The molecule has 0 aromatic carbocycles. The number of rotatable bonds is 5. The predicted octanol–water partition coefficient (Wildman–Crippen LogP) is 6.14. The van der Waals surface area contributed by atoms with E-state index in [9.17, 15) is 9.59 Å². The number of nitrogens with zero attached hydrogens (tertiary/aromatic N) is 1. The number of hydrogen-bond acceptors (Lipinski definition) is 5. The standard InChI is InChI=1S/C32H49NO4/c1-19(2)22-10-14-28(4)21-9-16-31-13-7-8-24(31)32(28,26(22)33(31)18-21)17-11-23-29(5)15-12-25(36-20(3)34)30(23,6)27(35)37-29/h19,21-26H,7-18H2,1-6H3/t21?,22?,23?,24?,25?,26?,28-,29-,30-,31+,32-/m0/s1.